The molecule has 2 aliphatic rings. The molecule has 0 aromatic heterocycles. The van der Waals surface area contributed by atoms with Crippen molar-refractivity contribution in [1.82, 2.24) is 10.6 Å². The molecular weight excluding hydrogens is 358 g/mol. The summed E-state index contributed by atoms with van der Waals surface area (Å²) in [4.78, 5) is 24.3. The topological polar surface area (TPSA) is 88.7 Å². The first-order valence-electron chi connectivity index (χ1n) is 10.2. The lowest BCUT2D eigenvalue weighted by molar-refractivity contribution is -0.123. The van der Waals surface area contributed by atoms with Crippen LogP contribution in [0.5, 0.6) is 11.5 Å². The van der Waals surface area contributed by atoms with E-state index in [9.17, 15) is 9.59 Å². The lowest BCUT2D eigenvalue weighted by Gasteiger charge is -2.28. The summed E-state index contributed by atoms with van der Waals surface area (Å²) < 4.78 is 10.9. The maximum atomic E-state index is 12.5. The molecule has 7 nitrogen and oxygen atoms in total. The lowest BCUT2D eigenvalue weighted by atomic mass is 9.85. The Morgan fingerprint density at radius 2 is 2.04 bits per heavy atom. The number of hydrogen-bond acceptors (Lipinski definition) is 5. The Labute approximate surface area is 166 Å². The van der Waals surface area contributed by atoms with E-state index in [0.29, 0.717) is 41.5 Å². The zero-order valence-electron chi connectivity index (χ0n) is 16.8. The van der Waals surface area contributed by atoms with Crippen LogP contribution in [0.15, 0.2) is 18.2 Å². The highest BCUT2D eigenvalue weighted by Gasteiger charge is 2.24. The molecule has 28 heavy (non-hydrogen) atoms. The molecule has 1 aliphatic heterocycles. The number of amides is 2. The molecule has 7 heteroatoms. The number of methoxy groups -OCH3 is 1. The summed E-state index contributed by atoms with van der Waals surface area (Å²) in [5.41, 5.74) is 0.636. The molecule has 2 unspecified atom stereocenters. The van der Waals surface area contributed by atoms with E-state index in [1.54, 1.807) is 25.3 Å². The summed E-state index contributed by atoms with van der Waals surface area (Å²) in [6, 6.07) is 5.51. The van der Waals surface area contributed by atoms with E-state index in [0.717, 1.165) is 25.9 Å². The normalized spacial score (nSPS) is 20.1. The second-order valence-electron chi connectivity index (χ2n) is 7.83. The molecule has 3 N–H and O–H groups in total. The highest BCUT2D eigenvalue weighted by Crippen LogP contribution is 2.31. The van der Waals surface area contributed by atoms with Crippen LogP contribution in [0, 0.1) is 11.8 Å². The van der Waals surface area contributed by atoms with Crippen LogP contribution in [0.2, 0.25) is 0 Å². The van der Waals surface area contributed by atoms with Gasteiger partial charge >= 0.3 is 0 Å². The van der Waals surface area contributed by atoms with Crippen molar-refractivity contribution >= 4 is 17.5 Å². The smallest absolute Gasteiger partial charge is 0.258 e. The molecule has 1 aromatic rings. The highest BCUT2D eigenvalue weighted by molar-refractivity contribution is 5.91. The van der Waals surface area contributed by atoms with Gasteiger partial charge in [-0.2, -0.15) is 0 Å². The minimum Gasteiger partial charge on any atom is -0.493 e. The van der Waals surface area contributed by atoms with Crippen LogP contribution in [-0.4, -0.2) is 44.7 Å². The van der Waals surface area contributed by atoms with Gasteiger partial charge in [-0.1, -0.05) is 6.92 Å². The number of piperidine rings is 1. The second kappa shape index (κ2) is 9.78. The van der Waals surface area contributed by atoms with Crippen LogP contribution in [0.4, 0.5) is 5.69 Å². The van der Waals surface area contributed by atoms with E-state index in [1.807, 2.05) is 0 Å². The zero-order chi connectivity index (χ0) is 19.9. The summed E-state index contributed by atoms with van der Waals surface area (Å²) in [5.74, 6) is 1.68. The summed E-state index contributed by atoms with van der Waals surface area (Å²) in [5, 5.41) is 9.22. The van der Waals surface area contributed by atoms with Crippen molar-refractivity contribution in [2.75, 3.05) is 32.1 Å². The summed E-state index contributed by atoms with van der Waals surface area (Å²) in [6.07, 6.45) is 4.89. The average molecular weight is 389 g/mol. The molecule has 154 valence electrons. The highest BCUT2D eigenvalue weighted by atomic mass is 16.5. The number of carbonyl (C=O) groups is 2. The van der Waals surface area contributed by atoms with Gasteiger partial charge in [0.2, 0.25) is 5.91 Å². The quantitative estimate of drug-likeness (QED) is 0.603. The number of benzene rings is 1. The van der Waals surface area contributed by atoms with E-state index in [4.69, 9.17) is 9.47 Å². The Morgan fingerprint density at radius 1 is 1.21 bits per heavy atom. The van der Waals surface area contributed by atoms with Crippen molar-refractivity contribution in [3.05, 3.63) is 18.2 Å². The molecule has 0 bridgehead atoms. The fraction of sp³-hybridized carbons (Fsp3) is 0.619. The van der Waals surface area contributed by atoms with Gasteiger partial charge < -0.3 is 25.4 Å². The Balaban J connectivity index is 1.53. The zero-order valence-corrected chi connectivity index (χ0v) is 16.8. The summed E-state index contributed by atoms with van der Waals surface area (Å²) >= 11 is 0. The Bertz CT molecular complexity index is 684. The van der Waals surface area contributed by atoms with Crippen LogP contribution in [0.1, 0.15) is 39.0 Å². The second-order valence-corrected chi connectivity index (χ2v) is 7.83. The number of ether oxygens (including phenoxy) is 2. The number of anilines is 1. The molecule has 1 heterocycles. The van der Waals surface area contributed by atoms with Gasteiger partial charge in [-0.05, 0) is 62.7 Å². The Kier molecular flexibility index (Phi) is 7.14. The molecule has 3 rings (SSSR count). The van der Waals surface area contributed by atoms with Crippen molar-refractivity contribution < 1.29 is 19.1 Å². The van der Waals surface area contributed by atoms with E-state index < -0.39 is 0 Å². The van der Waals surface area contributed by atoms with Gasteiger partial charge in [-0.25, -0.2) is 0 Å². The predicted molar refractivity (Wildman–Crippen MR) is 108 cm³/mol. The van der Waals surface area contributed by atoms with Gasteiger partial charge in [0, 0.05) is 24.2 Å². The molecule has 1 saturated carbocycles. The first-order chi connectivity index (χ1) is 13.5. The number of nitrogens with one attached hydrogen (secondary N) is 3. The van der Waals surface area contributed by atoms with Crippen LogP contribution in [0.3, 0.4) is 0 Å². The van der Waals surface area contributed by atoms with Crippen LogP contribution in [-0.2, 0) is 9.59 Å². The third kappa shape index (κ3) is 6.12. The number of carbonyl (C=O) groups excluding carboxylic acids is 2. The van der Waals surface area contributed by atoms with Gasteiger partial charge in [0.05, 0.1) is 7.11 Å². The fourth-order valence-corrected chi connectivity index (χ4v) is 3.54. The molecule has 0 spiro atoms. The van der Waals surface area contributed by atoms with Crippen molar-refractivity contribution in [3.8, 4) is 11.5 Å². The maximum Gasteiger partial charge on any atom is 0.258 e. The van der Waals surface area contributed by atoms with Gasteiger partial charge in [-0.15, -0.1) is 0 Å². The monoisotopic (exact) mass is 389 g/mol. The minimum atomic E-state index is -0.145. The first kappa shape index (κ1) is 20.5. The lowest BCUT2D eigenvalue weighted by Crippen LogP contribution is -2.34. The van der Waals surface area contributed by atoms with E-state index in [-0.39, 0.29) is 18.4 Å². The largest absolute Gasteiger partial charge is 0.493 e. The van der Waals surface area contributed by atoms with Crippen LogP contribution in [0.25, 0.3) is 0 Å². The number of hydrogen-bond donors (Lipinski definition) is 3. The van der Waals surface area contributed by atoms with Crippen molar-refractivity contribution in [2.45, 2.75) is 45.1 Å². The SMILES string of the molecule is COc1ccc(NC(=O)CC(C)C2CCCNC2)cc1OCC(=O)NC1CC1. The molecular formula is C21H31N3O4. The number of rotatable bonds is 9. The standard InChI is InChI=1S/C21H31N3O4/c1-14(15-4-3-9-22-12-15)10-20(25)24-17-7-8-18(27-2)19(11-17)28-13-21(26)23-16-5-6-16/h7-8,11,14-16,22H,3-6,9-10,12-13H2,1-2H3,(H,23,26)(H,24,25). The van der Waals surface area contributed by atoms with Gasteiger partial charge in [0.15, 0.2) is 18.1 Å². The van der Waals surface area contributed by atoms with Crippen molar-refractivity contribution in [3.63, 3.8) is 0 Å². The summed E-state index contributed by atoms with van der Waals surface area (Å²) in [7, 11) is 1.55. The van der Waals surface area contributed by atoms with Gasteiger partial charge in [-0.3, -0.25) is 9.59 Å². The molecule has 2 atom stereocenters. The molecule has 2 amide bonds. The van der Waals surface area contributed by atoms with Gasteiger partial charge in [0.1, 0.15) is 0 Å². The van der Waals surface area contributed by atoms with Crippen LogP contribution < -0.4 is 25.4 Å². The fourth-order valence-electron chi connectivity index (χ4n) is 3.54. The maximum absolute atomic E-state index is 12.5. The third-order valence-corrected chi connectivity index (χ3v) is 5.40. The summed E-state index contributed by atoms with van der Waals surface area (Å²) in [6.45, 7) is 4.12. The van der Waals surface area contributed by atoms with E-state index >= 15 is 0 Å². The average Bonchev–Trinajstić information content (AvgIpc) is 3.51. The Hall–Kier alpha value is -2.28. The van der Waals surface area contributed by atoms with E-state index in [2.05, 4.69) is 22.9 Å². The van der Waals surface area contributed by atoms with Crippen LogP contribution >= 0.6 is 0 Å². The van der Waals surface area contributed by atoms with Crippen molar-refractivity contribution in [1.29, 1.82) is 0 Å². The molecule has 1 aliphatic carbocycles. The molecule has 1 aromatic carbocycles. The minimum absolute atomic E-state index is 0.0133. The van der Waals surface area contributed by atoms with Gasteiger partial charge in [0.25, 0.3) is 5.91 Å². The molecule has 1 saturated heterocycles. The first-order valence-corrected chi connectivity index (χ1v) is 10.2. The Morgan fingerprint density at radius 3 is 2.71 bits per heavy atom. The third-order valence-electron chi connectivity index (χ3n) is 5.40. The van der Waals surface area contributed by atoms with Crippen molar-refractivity contribution in [2.24, 2.45) is 11.8 Å². The molecule has 0 radical (unpaired) electrons. The predicted octanol–water partition coefficient (Wildman–Crippen LogP) is 2.32. The van der Waals surface area contributed by atoms with E-state index in [1.165, 1.54) is 12.8 Å². The molecule has 2 fully saturated rings.